The molecule has 0 bridgehead atoms. The van der Waals surface area contributed by atoms with Crippen molar-refractivity contribution in [3.63, 3.8) is 0 Å². The summed E-state index contributed by atoms with van der Waals surface area (Å²) >= 11 is 0. The van der Waals surface area contributed by atoms with Crippen molar-refractivity contribution >= 4 is 11.7 Å². The second-order valence-corrected chi connectivity index (χ2v) is 5.01. The first-order valence-electron chi connectivity index (χ1n) is 5.93. The topological polar surface area (TPSA) is 58.6 Å². The molecule has 4 nitrogen and oxygen atoms in total. The van der Waals surface area contributed by atoms with E-state index in [9.17, 15) is 4.79 Å². The van der Waals surface area contributed by atoms with E-state index in [2.05, 4.69) is 5.32 Å². The summed E-state index contributed by atoms with van der Waals surface area (Å²) in [7, 11) is 0. The molecule has 90 valence electrons. The van der Waals surface area contributed by atoms with Crippen molar-refractivity contribution in [1.82, 2.24) is 0 Å². The number of hydrogen-bond acceptors (Lipinski definition) is 3. The Hall–Kier alpha value is -1.71. The summed E-state index contributed by atoms with van der Waals surface area (Å²) in [4.78, 5) is 10.9. The highest BCUT2D eigenvalue weighted by Crippen LogP contribution is 2.44. The molecular weight excluding hydrogens is 218 g/mol. The van der Waals surface area contributed by atoms with Gasteiger partial charge in [0.2, 0.25) is 0 Å². The Morgan fingerprint density at radius 3 is 2.88 bits per heavy atom. The largest absolute Gasteiger partial charge is 0.491 e. The van der Waals surface area contributed by atoms with Gasteiger partial charge in [-0.2, -0.15) is 0 Å². The molecule has 0 radical (unpaired) electrons. The van der Waals surface area contributed by atoms with Crippen molar-refractivity contribution in [3.05, 3.63) is 23.8 Å². The van der Waals surface area contributed by atoms with E-state index in [0.717, 1.165) is 12.2 Å². The number of carbonyl (C=O) groups is 1. The molecule has 1 saturated carbocycles. The van der Waals surface area contributed by atoms with Crippen molar-refractivity contribution in [1.29, 1.82) is 0 Å². The third kappa shape index (κ3) is 1.73. The number of carboxylic acid groups (broad SMARTS) is 1. The van der Waals surface area contributed by atoms with Crippen LogP contribution in [0.1, 0.15) is 29.6 Å². The maximum absolute atomic E-state index is 10.9. The minimum absolute atomic E-state index is 0.266. The van der Waals surface area contributed by atoms with Crippen LogP contribution in [0.3, 0.4) is 0 Å². The number of hydrogen-bond donors (Lipinski definition) is 2. The molecule has 0 atom stereocenters. The molecule has 3 rings (SSSR count). The molecule has 1 fully saturated rings. The van der Waals surface area contributed by atoms with Crippen molar-refractivity contribution in [2.24, 2.45) is 5.41 Å². The van der Waals surface area contributed by atoms with Crippen LogP contribution in [0, 0.1) is 5.41 Å². The van der Waals surface area contributed by atoms with E-state index in [1.807, 2.05) is 0 Å². The highest BCUT2D eigenvalue weighted by Gasteiger charge is 2.39. The fourth-order valence-corrected chi connectivity index (χ4v) is 2.48. The van der Waals surface area contributed by atoms with Gasteiger partial charge in [-0.1, -0.05) is 6.42 Å². The first kappa shape index (κ1) is 10.4. The molecule has 0 aromatic heterocycles. The SMILES string of the molecule is O=C(O)c1ccc2c(c1)OCC1(CCC1)CN2. The van der Waals surface area contributed by atoms with Gasteiger partial charge in [0.1, 0.15) is 5.75 Å². The van der Waals surface area contributed by atoms with Gasteiger partial charge in [0.25, 0.3) is 0 Å². The number of aromatic carboxylic acids is 1. The van der Waals surface area contributed by atoms with E-state index in [1.54, 1.807) is 18.2 Å². The lowest BCUT2D eigenvalue weighted by Gasteiger charge is -2.40. The zero-order valence-corrected chi connectivity index (χ0v) is 9.53. The zero-order chi connectivity index (χ0) is 11.9. The first-order valence-corrected chi connectivity index (χ1v) is 5.93. The number of fused-ring (bicyclic) bond motifs is 1. The Morgan fingerprint density at radius 1 is 1.41 bits per heavy atom. The number of ether oxygens (including phenoxy) is 1. The maximum Gasteiger partial charge on any atom is 0.335 e. The van der Waals surface area contributed by atoms with Crippen LogP contribution < -0.4 is 10.1 Å². The molecule has 0 amide bonds. The Balaban J connectivity index is 1.88. The summed E-state index contributed by atoms with van der Waals surface area (Å²) < 4.78 is 5.77. The highest BCUT2D eigenvalue weighted by molar-refractivity contribution is 5.89. The van der Waals surface area contributed by atoms with Crippen LogP contribution in [0.25, 0.3) is 0 Å². The van der Waals surface area contributed by atoms with Gasteiger partial charge in [-0.3, -0.25) is 0 Å². The Kier molecular flexibility index (Phi) is 2.24. The molecule has 1 spiro atoms. The maximum atomic E-state index is 10.9. The molecule has 1 heterocycles. The molecule has 1 aliphatic heterocycles. The minimum atomic E-state index is -0.918. The van der Waals surface area contributed by atoms with Gasteiger partial charge in [-0.15, -0.1) is 0 Å². The Labute approximate surface area is 99.6 Å². The van der Waals surface area contributed by atoms with Crippen molar-refractivity contribution in [2.75, 3.05) is 18.5 Å². The predicted octanol–water partition coefficient (Wildman–Crippen LogP) is 2.36. The lowest BCUT2D eigenvalue weighted by atomic mass is 9.69. The summed E-state index contributed by atoms with van der Waals surface area (Å²) in [5.41, 5.74) is 1.44. The number of nitrogens with one attached hydrogen (secondary N) is 1. The van der Waals surface area contributed by atoms with Crippen LogP contribution >= 0.6 is 0 Å². The van der Waals surface area contributed by atoms with E-state index in [4.69, 9.17) is 9.84 Å². The molecule has 1 aromatic carbocycles. The average molecular weight is 233 g/mol. The fourth-order valence-electron chi connectivity index (χ4n) is 2.48. The Bertz CT molecular complexity index is 466. The van der Waals surface area contributed by atoms with Crippen molar-refractivity contribution in [3.8, 4) is 5.75 Å². The van der Waals surface area contributed by atoms with Gasteiger partial charge in [0, 0.05) is 12.0 Å². The average Bonchev–Trinajstić information content (AvgIpc) is 2.46. The first-order chi connectivity index (χ1) is 8.19. The normalized spacial score (nSPS) is 20.5. The van der Waals surface area contributed by atoms with Gasteiger partial charge in [0.15, 0.2) is 0 Å². The van der Waals surface area contributed by atoms with Gasteiger partial charge >= 0.3 is 5.97 Å². The number of anilines is 1. The third-order valence-electron chi connectivity index (χ3n) is 3.83. The van der Waals surface area contributed by atoms with E-state index < -0.39 is 5.97 Å². The molecule has 0 saturated heterocycles. The summed E-state index contributed by atoms with van der Waals surface area (Å²) in [6.07, 6.45) is 3.65. The summed E-state index contributed by atoms with van der Waals surface area (Å²) in [6.45, 7) is 1.61. The standard InChI is InChI=1S/C13H15NO3/c15-12(16)9-2-3-10-11(6-9)17-8-13(7-14-10)4-1-5-13/h2-3,6,14H,1,4-5,7-8H2,(H,15,16). The van der Waals surface area contributed by atoms with E-state index in [-0.39, 0.29) is 11.0 Å². The second kappa shape index (κ2) is 3.65. The summed E-state index contributed by atoms with van der Waals surface area (Å²) in [5.74, 6) is -0.257. The van der Waals surface area contributed by atoms with Crippen LogP contribution in [-0.2, 0) is 0 Å². The molecule has 4 heteroatoms. The lowest BCUT2D eigenvalue weighted by Crippen LogP contribution is -2.40. The fraction of sp³-hybridized carbons (Fsp3) is 0.462. The molecule has 2 aliphatic rings. The van der Waals surface area contributed by atoms with E-state index in [1.165, 1.54) is 19.3 Å². The van der Waals surface area contributed by atoms with Crippen LogP contribution in [0.5, 0.6) is 5.75 Å². The van der Waals surface area contributed by atoms with Crippen LogP contribution in [-0.4, -0.2) is 24.2 Å². The second-order valence-electron chi connectivity index (χ2n) is 5.01. The van der Waals surface area contributed by atoms with Gasteiger partial charge < -0.3 is 15.2 Å². The zero-order valence-electron chi connectivity index (χ0n) is 9.53. The molecule has 1 aliphatic carbocycles. The minimum Gasteiger partial charge on any atom is -0.491 e. The third-order valence-corrected chi connectivity index (χ3v) is 3.83. The molecule has 1 aromatic rings. The van der Waals surface area contributed by atoms with Crippen LogP contribution in [0.2, 0.25) is 0 Å². The quantitative estimate of drug-likeness (QED) is 0.781. The molecule has 17 heavy (non-hydrogen) atoms. The summed E-state index contributed by atoms with van der Waals surface area (Å²) in [5, 5.41) is 12.3. The number of rotatable bonds is 1. The number of benzene rings is 1. The monoisotopic (exact) mass is 233 g/mol. The van der Waals surface area contributed by atoms with Gasteiger partial charge in [0.05, 0.1) is 17.9 Å². The molecular formula is C13H15NO3. The van der Waals surface area contributed by atoms with E-state index in [0.29, 0.717) is 12.4 Å². The smallest absolute Gasteiger partial charge is 0.335 e. The highest BCUT2D eigenvalue weighted by atomic mass is 16.5. The molecule has 0 unspecified atom stereocenters. The molecule has 2 N–H and O–H groups in total. The number of carboxylic acids is 1. The summed E-state index contributed by atoms with van der Waals surface area (Å²) in [6, 6.07) is 5.00. The van der Waals surface area contributed by atoms with Gasteiger partial charge in [-0.25, -0.2) is 4.79 Å². The van der Waals surface area contributed by atoms with Crippen LogP contribution in [0.4, 0.5) is 5.69 Å². The van der Waals surface area contributed by atoms with Crippen LogP contribution in [0.15, 0.2) is 18.2 Å². The Morgan fingerprint density at radius 2 is 2.24 bits per heavy atom. The van der Waals surface area contributed by atoms with E-state index >= 15 is 0 Å². The van der Waals surface area contributed by atoms with Crippen molar-refractivity contribution in [2.45, 2.75) is 19.3 Å². The predicted molar refractivity (Wildman–Crippen MR) is 63.7 cm³/mol. The van der Waals surface area contributed by atoms with Gasteiger partial charge in [-0.05, 0) is 31.0 Å². The van der Waals surface area contributed by atoms with Crippen molar-refractivity contribution < 1.29 is 14.6 Å². The lowest BCUT2D eigenvalue weighted by molar-refractivity contribution is 0.0692.